The van der Waals surface area contributed by atoms with Crippen LogP contribution in [-0.4, -0.2) is 0 Å². The summed E-state index contributed by atoms with van der Waals surface area (Å²) in [6, 6.07) is 4.77. The second-order valence-corrected chi connectivity index (χ2v) is 4.72. The van der Waals surface area contributed by atoms with Crippen LogP contribution in [0.2, 0.25) is 5.02 Å². The van der Waals surface area contributed by atoms with E-state index in [2.05, 4.69) is 23.0 Å². The Bertz CT molecular complexity index is 496. The third kappa shape index (κ3) is 2.54. The van der Waals surface area contributed by atoms with Crippen molar-refractivity contribution in [3.8, 4) is 0 Å². The van der Waals surface area contributed by atoms with Gasteiger partial charge in [-0.05, 0) is 35.6 Å². The van der Waals surface area contributed by atoms with Gasteiger partial charge in [0.05, 0.1) is 5.02 Å². The van der Waals surface area contributed by atoms with E-state index >= 15 is 0 Å². The zero-order valence-electron chi connectivity index (χ0n) is 8.76. The van der Waals surface area contributed by atoms with Crippen molar-refractivity contribution in [2.45, 2.75) is 13.5 Å². The minimum Gasteiger partial charge on any atom is -0.380 e. The molecule has 0 saturated heterocycles. The zero-order chi connectivity index (χ0) is 11.5. The predicted molar refractivity (Wildman–Crippen MR) is 67.8 cm³/mol. The van der Waals surface area contributed by atoms with Crippen LogP contribution < -0.4 is 5.32 Å². The van der Waals surface area contributed by atoms with Gasteiger partial charge in [-0.15, -0.1) is 11.3 Å². The summed E-state index contributed by atoms with van der Waals surface area (Å²) in [6.45, 7) is 2.70. The molecule has 1 aromatic carbocycles. The van der Waals surface area contributed by atoms with E-state index in [1.165, 1.54) is 11.6 Å². The molecule has 0 saturated carbocycles. The van der Waals surface area contributed by atoms with Crippen molar-refractivity contribution >= 4 is 28.6 Å². The summed E-state index contributed by atoms with van der Waals surface area (Å²) in [7, 11) is 0. The molecule has 0 spiro atoms. The molecule has 0 unspecified atom stereocenters. The summed E-state index contributed by atoms with van der Waals surface area (Å²) < 4.78 is 12.9. The Kier molecular flexibility index (Phi) is 3.46. The largest absolute Gasteiger partial charge is 0.380 e. The number of hydrogen-bond acceptors (Lipinski definition) is 2. The lowest BCUT2D eigenvalue weighted by Crippen LogP contribution is -1.99. The van der Waals surface area contributed by atoms with Gasteiger partial charge < -0.3 is 5.32 Å². The molecule has 0 atom stereocenters. The highest BCUT2D eigenvalue weighted by molar-refractivity contribution is 7.08. The number of aryl methyl sites for hydroxylation is 1. The minimum atomic E-state index is -0.378. The van der Waals surface area contributed by atoms with Crippen molar-refractivity contribution in [3.05, 3.63) is 50.9 Å². The predicted octanol–water partition coefficient (Wildman–Crippen LogP) is 4.46. The van der Waals surface area contributed by atoms with E-state index < -0.39 is 0 Å². The molecule has 1 heterocycles. The zero-order valence-corrected chi connectivity index (χ0v) is 10.3. The molecule has 0 radical (unpaired) electrons. The molecule has 0 fully saturated rings. The molecule has 0 amide bonds. The van der Waals surface area contributed by atoms with Crippen LogP contribution >= 0.6 is 22.9 Å². The third-order valence-corrected chi connectivity index (χ3v) is 3.47. The number of hydrogen-bond donors (Lipinski definition) is 1. The molecule has 0 bridgehead atoms. The van der Waals surface area contributed by atoms with Crippen LogP contribution in [0.1, 0.15) is 11.1 Å². The summed E-state index contributed by atoms with van der Waals surface area (Å²) in [6.07, 6.45) is 0. The molecule has 2 rings (SSSR count). The van der Waals surface area contributed by atoms with E-state index in [4.69, 9.17) is 11.6 Å². The Labute approximate surface area is 103 Å². The summed E-state index contributed by atoms with van der Waals surface area (Å²) in [4.78, 5) is 0. The van der Waals surface area contributed by atoms with Gasteiger partial charge in [-0.2, -0.15) is 0 Å². The molecule has 16 heavy (non-hydrogen) atoms. The number of benzene rings is 1. The summed E-state index contributed by atoms with van der Waals surface area (Å²) >= 11 is 7.36. The van der Waals surface area contributed by atoms with Gasteiger partial charge in [0.1, 0.15) is 5.82 Å². The Hall–Kier alpha value is -1.06. The first kappa shape index (κ1) is 11.4. The van der Waals surface area contributed by atoms with Crippen LogP contribution in [0.15, 0.2) is 29.0 Å². The van der Waals surface area contributed by atoms with E-state index in [0.717, 1.165) is 11.3 Å². The highest BCUT2D eigenvalue weighted by Gasteiger charge is 2.02. The van der Waals surface area contributed by atoms with Gasteiger partial charge in [0.15, 0.2) is 0 Å². The molecule has 1 aromatic heterocycles. The molecule has 4 heteroatoms. The average molecular weight is 256 g/mol. The minimum absolute atomic E-state index is 0.168. The molecular formula is C12H11ClFNS. The first-order valence-corrected chi connectivity index (χ1v) is 6.19. The SMILES string of the molecule is Cc1cscc1NCc1ccc(F)c(Cl)c1. The van der Waals surface area contributed by atoms with Crippen LogP contribution in [-0.2, 0) is 6.54 Å². The van der Waals surface area contributed by atoms with Crippen molar-refractivity contribution < 1.29 is 4.39 Å². The van der Waals surface area contributed by atoms with E-state index in [1.807, 2.05) is 0 Å². The summed E-state index contributed by atoms with van der Waals surface area (Å²) in [5, 5.41) is 7.59. The van der Waals surface area contributed by atoms with Crippen molar-refractivity contribution in [2.24, 2.45) is 0 Å². The topological polar surface area (TPSA) is 12.0 Å². The van der Waals surface area contributed by atoms with E-state index in [1.54, 1.807) is 23.5 Å². The Balaban J connectivity index is 2.05. The van der Waals surface area contributed by atoms with Gasteiger partial charge in [0, 0.05) is 17.6 Å². The van der Waals surface area contributed by atoms with Crippen LogP contribution in [0, 0.1) is 12.7 Å². The van der Waals surface area contributed by atoms with Crippen molar-refractivity contribution in [3.63, 3.8) is 0 Å². The lowest BCUT2D eigenvalue weighted by molar-refractivity contribution is 0.627. The highest BCUT2D eigenvalue weighted by atomic mass is 35.5. The molecule has 0 aliphatic rings. The standard InChI is InChI=1S/C12H11ClFNS/c1-8-6-16-7-12(8)15-5-9-2-3-11(14)10(13)4-9/h2-4,6-7,15H,5H2,1H3. The van der Waals surface area contributed by atoms with Gasteiger partial charge in [0.2, 0.25) is 0 Å². The normalized spacial score (nSPS) is 10.4. The Morgan fingerprint density at radius 1 is 1.38 bits per heavy atom. The second kappa shape index (κ2) is 4.85. The highest BCUT2D eigenvalue weighted by Crippen LogP contribution is 2.21. The van der Waals surface area contributed by atoms with E-state index in [-0.39, 0.29) is 10.8 Å². The van der Waals surface area contributed by atoms with Crippen LogP contribution in [0.25, 0.3) is 0 Å². The number of anilines is 1. The summed E-state index contributed by atoms with van der Waals surface area (Å²) in [5.74, 6) is -0.378. The van der Waals surface area contributed by atoms with Gasteiger partial charge in [-0.1, -0.05) is 17.7 Å². The van der Waals surface area contributed by atoms with Crippen LogP contribution in [0.4, 0.5) is 10.1 Å². The van der Waals surface area contributed by atoms with Crippen molar-refractivity contribution in [1.82, 2.24) is 0 Å². The number of thiophene rings is 1. The number of rotatable bonds is 3. The maximum atomic E-state index is 12.9. The first-order valence-electron chi connectivity index (χ1n) is 4.87. The van der Waals surface area contributed by atoms with Crippen molar-refractivity contribution in [1.29, 1.82) is 0 Å². The van der Waals surface area contributed by atoms with Gasteiger partial charge in [0.25, 0.3) is 0 Å². The fourth-order valence-corrected chi connectivity index (χ4v) is 2.40. The quantitative estimate of drug-likeness (QED) is 0.854. The fraction of sp³-hybridized carbons (Fsp3) is 0.167. The maximum absolute atomic E-state index is 12.9. The molecule has 1 N–H and O–H groups in total. The molecular weight excluding hydrogens is 245 g/mol. The second-order valence-electron chi connectivity index (χ2n) is 3.57. The lowest BCUT2D eigenvalue weighted by Gasteiger charge is -2.06. The lowest BCUT2D eigenvalue weighted by atomic mass is 10.2. The van der Waals surface area contributed by atoms with Gasteiger partial charge >= 0.3 is 0 Å². The summed E-state index contributed by atoms with van der Waals surface area (Å²) in [5.41, 5.74) is 3.31. The Morgan fingerprint density at radius 3 is 2.81 bits per heavy atom. The molecule has 1 nitrogen and oxygen atoms in total. The molecule has 0 aliphatic carbocycles. The first-order chi connectivity index (χ1) is 7.66. The maximum Gasteiger partial charge on any atom is 0.141 e. The van der Waals surface area contributed by atoms with Crippen LogP contribution in [0.5, 0.6) is 0 Å². The monoisotopic (exact) mass is 255 g/mol. The third-order valence-electron chi connectivity index (χ3n) is 2.32. The van der Waals surface area contributed by atoms with E-state index in [9.17, 15) is 4.39 Å². The molecule has 2 aromatic rings. The van der Waals surface area contributed by atoms with Crippen molar-refractivity contribution in [2.75, 3.05) is 5.32 Å². The number of nitrogens with one attached hydrogen (secondary N) is 1. The fourth-order valence-electron chi connectivity index (χ4n) is 1.39. The Morgan fingerprint density at radius 2 is 2.19 bits per heavy atom. The van der Waals surface area contributed by atoms with E-state index in [0.29, 0.717) is 6.54 Å². The van der Waals surface area contributed by atoms with Gasteiger partial charge in [-0.3, -0.25) is 0 Å². The number of halogens is 2. The average Bonchev–Trinajstić information content (AvgIpc) is 2.66. The molecule has 84 valence electrons. The molecule has 0 aliphatic heterocycles. The van der Waals surface area contributed by atoms with Crippen LogP contribution in [0.3, 0.4) is 0 Å². The van der Waals surface area contributed by atoms with Gasteiger partial charge in [-0.25, -0.2) is 4.39 Å². The smallest absolute Gasteiger partial charge is 0.141 e.